The third-order valence-corrected chi connectivity index (χ3v) is 4.61. The lowest BCUT2D eigenvalue weighted by Crippen LogP contribution is -2.38. The van der Waals surface area contributed by atoms with E-state index in [1.165, 1.54) is 6.26 Å². The molecule has 1 N–H and O–H groups in total. The monoisotopic (exact) mass is 220 g/mol. The number of aliphatic hydroxyl groups is 1. The average molecular weight is 220 g/mol. The van der Waals surface area contributed by atoms with E-state index < -0.39 is 15.4 Å². The number of hydrogen-bond donors (Lipinski definition) is 1. The zero-order chi connectivity index (χ0) is 10.8. The predicted octanol–water partition coefficient (Wildman–Crippen LogP) is 0.294. The summed E-state index contributed by atoms with van der Waals surface area (Å²) in [5.74, 6) is 0. The van der Waals surface area contributed by atoms with Crippen LogP contribution in [0.25, 0.3) is 0 Å². The van der Waals surface area contributed by atoms with Gasteiger partial charge in [-0.25, -0.2) is 8.42 Å². The van der Waals surface area contributed by atoms with Crippen molar-refractivity contribution in [2.45, 2.75) is 43.0 Å². The maximum atomic E-state index is 11.2. The van der Waals surface area contributed by atoms with Crippen LogP contribution in [0.2, 0.25) is 0 Å². The van der Waals surface area contributed by atoms with Crippen molar-refractivity contribution in [1.29, 1.82) is 0 Å². The maximum absolute atomic E-state index is 11.2. The summed E-state index contributed by atoms with van der Waals surface area (Å²) in [5, 5.41) is 9.49. The fraction of sp³-hybridized carbons (Fsp3) is 0.889. The third-order valence-electron chi connectivity index (χ3n) is 2.93. The van der Waals surface area contributed by atoms with Gasteiger partial charge in [0, 0.05) is 12.7 Å². The summed E-state index contributed by atoms with van der Waals surface area (Å²) >= 11 is 0. The van der Waals surface area contributed by atoms with Gasteiger partial charge in [0.05, 0.1) is 10.9 Å². The van der Waals surface area contributed by atoms with Gasteiger partial charge >= 0.3 is 0 Å². The van der Waals surface area contributed by atoms with Gasteiger partial charge in [-0.2, -0.15) is 0 Å². The summed E-state index contributed by atoms with van der Waals surface area (Å²) in [6, 6.07) is 0. The lowest BCUT2D eigenvalue weighted by Gasteiger charge is -2.33. The molecule has 5 heteroatoms. The van der Waals surface area contributed by atoms with Gasteiger partial charge < -0.3 is 9.90 Å². The van der Waals surface area contributed by atoms with Crippen molar-refractivity contribution in [3.05, 3.63) is 0 Å². The SMILES string of the molecule is CS(=O)(=O)C1CCC(O)(CC=O)CC1. The predicted molar refractivity (Wildman–Crippen MR) is 52.7 cm³/mol. The zero-order valence-electron chi connectivity index (χ0n) is 8.27. The van der Waals surface area contributed by atoms with Crippen LogP contribution < -0.4 is 0 Å². The van der Waals surface area contributed by atoms with Crippen LogP contribution in [0.5, 0.6) is 0 Å². The lowest BCUT2D eigenvalue weighted by atomic mass is 9.83. The number of sulfone groups is 1. The average Bonchev–Trinajstić information content (AvgIpc) is 2.03. The van der Waals surface area contributed by atoms with Gasteiger partial charge in [-0.15, -0.1) is 0 Å². The van der Waals surface area contributed by atoms with Crippen LogP contribution in [-0.2, 0) is 14.6 Å². The van der Waals surface area contributed by atoms with Crippen LogP contribution in [0.3, 0.4) is 0 Å². The minimum atomic E-state index is -2.99. The quantitative estimate of drug-likeness (QED) is 0.694. The van der Waals surface area contributed by atoms with E-state index in [1.807, 2.05) is 0 Å². The highest BCUT2D eigenvalue weighted by Crippen LogP contribution is 2.33. The van der Waals surface area contributed by atoms with Gasteiger partial charge in [0.1, 0.15) is 16.1 Å². The lowest BCUT2D eigenvalue weighted by molar-refractivity contribution is -0.113. The first-order valence-corrected chi connectivity index (χ1v) is 6.68. The Bertz CT molecular complexity index is 299. The van der Waals surface area contributed by atoms with Crippen LogP contribution in [-0.4, -0.2) is 36.9 Å². The summed E-state index contributed by atoms with van der Waals surface area (Å²) in [6.07, 6.45) is 3.77. The molecule has 0 radical (unpaired) electrons. The molecule has 0 atom stereocenters. The Balaban J connectivity index is 2.58. The second-order valence-corrected chi connectivity index (χ2v) is 6.45. The fourth-order valence-corrected chi connectivity index (χ4v) is 3.01. The molecule has 0 aromatic heterocycles. The van der Waals surface area contributed by atoms with Crippen molar-refractivity contribution < 1.29 is 18.3 Å². The number of carbonyl (C=O) groups is 1. The highest BCUT2D eigenvalue weighted by molar-refractivity contribution is 7.91. The Morgan fingerprint density at radius 2 is 1.93 bits per heavy atom. The number of rotatable bonds is 3. The van der Waals surface area contributed by atoms with Crippen LogP contribution in [0, 0.1) is 0 Å². The second-order valence-electron chi connectivity index (χ2n) is 4.12. The minimum absolute atomic E-state index is 0.115. The molecule has 82 valence electrons. The topological polar surface area (TPSA) is 71.4 Å². The van der Waals surface area contributed by atoms with Gasteiger partial charge in [0.25, 0.3) is 0 Å². The standard InChI is InChI=1S/C9H16O4S/c1-14(12,13)8-2-4-9(11,5-3-8)6-7-10/h7-8,11H,2-6H2,1H3. The molecule has 0 bridgehead atoms. The van der Waals surface area contributed by atoms with Crippen molar-refractivity contribution >= 4 is 16.1 Å². The normalized spacial score (nSPS) is 34.0. The summed E-state index contributed by atoms with van der Waals surface area (Å²) in [4.78, 5) is 10.3. The molecule has 1 saturated carbocycles. The van der Waals surface area contributed by atoms with Crippen LogP contribution in [0.15, 0.2) is 0 Å². The molecule has 1 rings (SSSR count). The highest BCUT2D eigenvalue weighted by atomic mass is 32.2. The Labute approximate surface area is 84.2 Å². The van der Waals surface area contributed by atoms with Crippen molar-refractivity contribution in [2.24, 2.45) is 0 Å². The molecule has 0 heterocycles. The van der Waals surface area contributed by atoms with Gasteiger partial charge in [-0.05, 0) is 25.7 Å². The summed E-state index contributed by atoms with van der Waals surface area (Å²) in [5.41, 5.74) is -0.955. The van der Waals surface area contributed by atoms with Gasteiger partial charge in [0.2, 0.25) is 0 Å². The molecule has 1 aliphatic rings. The molecule has 0 unspecified atom stereocenters. The molecular formula is C9H16O4S. The number of carbonyl (C=O) groups excluding carboxylic acids is 1. The molecule has 0 aromatic carbocycles. The van der Waals surface area contributed by atoms with Crippen molar-refractivity contribution in [3.63, 3.8) is 0 Å². The van der Waals surface area contributed by atoms with Gasteiger partial charge in [-0.1, -0.05) is 0 Å². The first-order chi connectivity index (χ1) is 6.37. The van der Waals surface area contributed by atoms with Crippen LogP contribution >= 0.6 is 0 Å². The maximum Gasteiger partial charge on any atom is 0.150 e. The molecular weight excluding hydrogens is 204 g/mol. The largest absolute Gasteiger partial charge is 0.389 e. The van der Waals surface area contributed by atoms with E-state index in [0.717, 1.165) is 0 Å². The smallest absolute Gasteiger partial charge is 0.150 e. The molecule has 4 nitrogen and oxygen atoms in total. The van der Waals surface area contributed by atoms with E-state index in [2.05, 4.69) is 0 Å². The Morgan fingerprint density at radius 1 is 1.43 bits per heavy atom. The fourth-order valence-electron chi connectivity index (χ4n) is 1.92. The zero-order valence-corrected chi connectivity index (χ0v) is 9.09. The molecule has 14 heavy (non-hydrogen) atoms. The summed E-state index contributed by atoms with van der Waals surface area (Å²) in [7, 11) is -2.99. The van der Waals surface area contributed by atoms with Gasteiger partial charge in [-0.3, -0.25) is 0 Å². The minimum Gasteiger partial charge on any atom is -0.389 e. The molecule has 1 aliphatic carbocycles. The van der Waals surface area contributed by atoms with Crippen LogP contribution in [0.4, 0.5) is 0 Å². The first kappa shape index (κ1) is 11.7. The van der Waals surface area contributed by atoms with E-state index in [9.17, 15) is 18.3 Å². The first-order valence-electron chi connectivity index (χ1n) is 4.72. The Hall–Kier alpha value is -0.420. The van der Waals surface area contributed by atoms with Gasteiger partial charge in [0.15, 0.2) is 0 Å². The van der Waals surface area contributed by atoms with E-state index in [1.54, 1.807) is 0 Å². The summed E-state index contributed by atoms with van der Waals surface area (Å²) in [6.45, 7) is 0. The molecule has 0 spiro atoms. The number of aldehydes is 1. The Kier molecular flexibility index (Phi) is 3.32. The van der Waals surface area contributed by atoms with Crippen molar-refractivity contribution in [1.82, 2.24) is 0 Å². The third kappa shape index (κ3) is 2.78. The highest BCUT2D eigenvalue weighted by Gasteiger charge is 2.36. The molecule has 0 aromatic rings. The second kappa shape index (κ2) is 3.98. The Morgan fingerprint density at radius 3 is 2.29 bits per heavy atom. The summed E-state index contributed by atoms with van der Waals surface area (Å²) < 4.78 is 22.4. The van der Waals surface area contributed by atoms with E-state index in [4.69, 9.17) is 0 Å². The van der Waals surface area contributed by atoms with E-state index >= 15 is 0 Å². The molecule has 0 saturated heterocycles. The van der Waals surface area contributed by atoms with Crippen molar-refractivity contribution in [3.8, 4) is 0 Å². The molecule has 1 fully saturated rings. The molecule has 0 amide bonds. The van der Waals surface area contributed by atoms with Crippen molar-refractivity contribution in [2.75, 3.05) is 6.26 Å². The van der Waals surface area contributed by atoms with E-state index in [-0.39, 0.29) is 11.7 Å². The van der Waals surface area contributed by atoms with E-state index in [0.29, 0.717) is 32.0 Å². The molecule has 0 aliphatic heterocycles. The van der Waals surface area contributed by atoms with Crippen LogP contribution in [0.1, 0.15) is 32.1 Å². The number of hydrogen-bond acceptors (Lipinski definition) is 4.